The van der Waals surface area contributed by atoms with Crippen LogP contribution >= 0.6 is 11.3 Å². The van der Waals surface area contributed by atoms with Gasteiger partial charge in [-0.1, -0.05) is 24.3 Å². The third kappa shape index (κ3) is 5.00. The SMILES string of the molecule is C=CCO.COc1ccccc1CCn1c(=O)n(C2CCNC2=O)c(=O)c2c(C)c(-c3ncco3)sc21. The fourth-order valence-electron chi connectivity index (χ4n) is 4.35. The number of amides is 1. The molecule has 0 saturated carbocycles. The van der Waals surface area contributed by atoms with Crippen molar-refractivity contribution in [2.75, 3.05) is 20.3 Å². The maximum Gasteiger partial charge on any atom is 0.332 e. The predicted molar refractivity (Wildman–Crippen MR) is 141 cm³/mol. The summed E-state index contributed by atoms with van der Waals surface area (Å²) in [7, 11) is 1.60. The summed E-state index contributed by atoms with van der Waals surface area (Å²) in [5.41, 5.74) is 0.667. The first kappa shape index (κ1) is 26.1. The second kappa shape index (κ2) is 11.4. The predicted octanol–water partition coefficient (Wildman–Crippen LogP) is 2.67. The maximum atomic E-state index is 13.6. The molecule has 1 fully saturated rings. The van der Waals surface area contributed by atoms with Crippen molar-refractivity contribution in [1.29, 1.82) is 0 Å². The van der Waals surface area contributed by atoms with Crippen LogP contribution in [0.25, 0.3) is 21.0 Å². The molecule has 1 aliphatic rings. The first-order chi connectivity index (χ1) is 17.9. The van der Waals surface area contributed by atoms with E-state index in [0.717, 1.165) is 15.9 Å². The largest absolute Gasteiger partial charge is 0.496 e. The molecule has 0 bridgehead atoms. The first-order valence-corrected chi connectivity index (χ1v) is 12.5. The van der Waals surface area contributed by atoms with Crippen molar-refractivity contribution in [3.8, 4) is 16.5 Å². The molecule has 1 aliphatic heterocycles. The van der Waals surface area contributed by atoms with Gasteiger partial charge in [-0.25, -0.2) is 14.3 Å². The number of ether oxygens (including phenoxy) is 1. The number of aliphatic hydroxyl groups excluding tert-OH is 1. The molecule has 194 valence electrons. The fraction of sp³-hybridized carbons (Fsp3) is 0.308. The van der Waals surface area contributed by atoms with Gasteiger partial charge in [0, 0.05) is 13.1 Å². The van der Waals surface area contributed by atoms with E-state index in [-0.39, 0.29) is 12.5 Å². The van der Waals surface area contributed by atoms with Gasteiger partial charge in [-0.2, -0.15) is 0 Å². The number of methoxy groups -OCH3 is 1. The zero-order valence-corrected chi connectivity index (χ0v) is 21.4. The van der Waals surface area contributed by atoms with Crippen molar-refractivity contribution < 1.29 is 19.1 Å². The number of oxazole rings is 1. The molecule has 0 spiro atoms. The number of para-hydroxylation sites is 1. The van der Waals surface area contributed by atoms with Gasteiger partial charge in [0.05, 0.1) is 30.2 Å². The molecule has 2 N–H and O–H groups in total. The molecule has 10 nitrogen and oxygen atoms in total. The van der Waals surface area contributed by atoms with E-state index in [0.29, 0.717) is 52.5 Å². The Hall–Kier alpha value is -3.96. The molecule has 11 heteroatoms. The van der Waals surface area contributed by atoms with Crippen LogP contribution in [0.3, 0.4) is 0 Å². The lowest BCUT2D eigenvalue weighted by molar-refractivity contribution is -0.122. The van der Waals surface area contributed by atoms with E-state index in [1.165, 1.54) is 29.9 Å². The third-order valence-electron chi connectivity index (χ3n) is 6.13. The minimum Gasteiger partial charge on any atom is -0.496 e. The van der Waals surface area contributed by atoms with Crippen molar-refractivity contribution in [1.82, 2.24) is 19.4 Å². The summed E-state index contributed by atoms with van der Waals surface area (Å²) in [5.74, 6) is 0.806. The molecule has 37 heavy (non-hydrogen) atoms. The van der Waals surface area contributed by atoms with Gasteiger partial charge >= 0.3 is 5.69 Å². The topological polar surface area (TPSA) is 129 Å². The standard InChI is InChI=1S/C23H22N4O5S.C3H6O/c1-13-17-21(29)27(15-7-9-24-19(15)28)23(30)26(11-8-14-5-3-4-6-16(14)31-2)22(17)33-18(13)20-25-10-12-32-20;1-2-3-4/h3-6,10,12,15H,7-9,11H2,1-2H3,(H,24,28);2,4H,1,3H2. The molecule has 1 saturated heterocycles. The minimum absolute atomic E-state index is 0.0833. The second-order valence-electron chi connectivity index (χ2n) is 8.31. The number of fused-ring (bicyclic) bond motifs is 1. The van der Waals surface area contributed by atoms with Crippen molar-refractivity contribution >= 4 is 27.5 Å². The molecule has 1 aromatic carbocycles. The van der Waals surface area contributed by atoms with Gasteiger partial charge < -0.3 is 19.6 Å². The summed E-state index contributed by atoms with van der Waals surface area (Å²) in [6.45, 7) is 5.87. The lowest BCUT2D eigenvalue weighted by atomic mass is 10.1. The van der Waals surface area contributed by atoms with Gasteiger partial charge in [0.1, 0.15) is 22.9 Å². The summed E-state index contributed by atoms with van der Waals surface area (Å²) in [6, 6.07) is 6.79. The maximum absolute atomic E-state index is 13.6. The monoisotopic (exact) mass is 524 g/mol. The Bertz CT molecular complexity index is 1530. The van der Waals surface area contributed by atoms with Crippen LogP contribution in [0.5, 0.6) is 5.75 Å². The number of carbonyl (C=O) groups is 1. The molecule has 1 unspecified atom stereocenters. The summed E-state index contributed by atoms with van der Waals surface area (Å²) in [6.07, 6.45) is 5.34. The van der Waals surface area contributed by atoms with Crippen LogP contribution in [-0.2, 0) is 17.8 Å². The first-order valence-electron chi connectivity index (χ1n) is 11.7. The Labute approximate surface area is 216 Å². The molecule has 1 atom stereocenters. The molecule has 0 aliphatic carbocycles. The Balaban J connectivity index is 0.000000747. The number of aliphatic hydroxyl groups is 1. The van der Waals surface area contributed by atoms with Crippen LogP contribution in [-0.4, -0.2) is 45.4 Å². The van der Waals surface area contributed by atoms with Crippen molar-refractivity contribution in [3.63, 3.8) is 0 Å². The Kier molecular flexibility index (Phi) is 8.04. The quantitative estimate of drug-likeness (QED) is 0.356. The molecule has 1 amide bonds. The number of aromatic nitrogens is 3. The normalized spacial score (nSPS) is 14.8. The smallest absolute Gasteiger partial charge is 0.332 e. The van der Waals surface area contributed by atoms with E-state index < -0.39 is 17.3 Å². The van der Waals surface area contributed by atoms with Crippen LogP contribution in [0.4, 0.5) is 0 Å². The molecular formula is C26H28N4O6S. The van der Waals surface area contributed by atoms with E-state index >= 15 is 0 Å². The molecule has 5 rings (SSSR count). The van der Waals surface area contributed by atoms with Crippen LogP contribution in [0.15, 0.2) is 63.4 Å². The van der Waals surface area contributed by atoms with E-state index in [2.05, 4.69) is 16.9 Å². The highest BCUT2D eigenvalue weighted by Gasteiger charge is 2.32. The summed E-state index contributed by atoms with van der Waals surface area (Å²) >= 11 is 1.30. The number of nitrogens with zero attached hydrogens (tertiary/aromatic N) is 3. The van der Waals surface area contributed by atoms with Gasteiger partial charge in [-0.3, -0.25) is 14.2 Å². The van der Waals surface area contributed by atoms with Crippen LogP contribution < -0.4 is 21.3 Å². The number of benzene rings is 1. The zero-order chi connectivity index (χ0) is 26.5. The summed E-state index contributed by atoms with van der Waals surface area (Å²) in [5, 5.41) is 10.9. The number of carbonyl (C=O) groups excluding carboxylic acids is 1. The minimum atomic E-state index is -0.823. The van der Waals surface area contributed by atoms with Crippen LogP contribution in [0.2, 0.25) is 0 Å². The second-order valence-corrected chi connectivity index (χ2v) is 9.31. The summed E-state index contributed by atoms with van der Waals surface area (Å²) < 4.78 is 13.6. The van der Waals surface area contributed by atoms with Gasteiger partial charge in [-0.05, 0) is 37.0 Å². The van der Waals surface area contributed by atoms with Gasteiger partial charge in [-0.15, -0.1) is 17.9 Å². The molecule has 4 aromatic rings. The third-order valence-corrected chi connectivity index (χ3v) is 7.43. The lowest BCUT2D eigenvalue weighted by Gasteiger charge is -2.16. The fourth-order valence-corrected chi connectivity index (χ4v) is 5.60. The number of thiophene rings is 1. The summed E-state index contributed by atoms with van der Waals surface area (Å²) in [4.78, 5) is 45.0. The van der Waals surface area contributed by atoms with Gasteiger partial charge in [0.2, 0.25) is 11.8 Å². The van der Waals surface area contributed by atoms with Crippen LogP contribution in [0.1, 0.15) is 23.6 Å². The van der Waals surface area contributed by atoms with E-state index in [1.54, 1.807) is 11.7 Å². The highest BCUT2D eigenvalue weighted by molar-refractivity contribution is 7.22. The number of aryl methyl sites for hydroxylation is 3. The Morgan fingerprint density at radius 3 is 2.70 bits per heavy atom. The lowest BCUT2D eigenvalue weighted by Crippen LogP contribution is -2.44. The number of hydrogen-bond acceptors (Lipinski definition) is 8. The average Bonchev–Trinajstić information content (AvgIpc) is 3.65. The zero-order valence-electron chi connectivity index (χ0n) is 20.6. The number of hydrogen-bond donors (Lipinski definition) is 2. The van der Waals surface area contributed by atoms with E-state index in [4.69, 9.17) is 14.3 Å². The highest BCUT2D eigenvalue weighted by atomic mass is 32.1. The highest BCUT2D eigenvalue weighted by Crippen LogP contribution is 2.35. The van der Waals surface area contributed by atoms with Gasteiger partial charge in [0.15, 0.2) is 0 Å². The number of rotatable bonds is 7. The molecule has 4 heterocycles. The molecule has 3 aromatic heterocycles. The van der Waals surface area contributed by atoms with E-state index in [1.807, 2.05) is 31.2 Å². The van der Waals surface area contributed by atoms with Crippen LogP contribution in [0, 0.1) is 6.92 Å². The van der Waals surface area contributed by atoms with Crippen molar-refractivity contribution in [3.05, 3.63) is 81.3 Å². The van der Waals surface area contributed by atoms with E-state index in [9.17, 15) is 14.4 Å². The average molecular weight is 525 g/mol. The Morgan fingerprint density at radius 2 is 2.08 bits per heavy atom. The molecule has 0 radical (unpaired) electrons. The van der Waals surface area contributed by atoms with Crippen molar-refractivity contribution in [2.24, 2.45) is 0 Å². The Morgan fingerprint density at radius 1 is 1.32 bits per heavy atom. The van der Waals surface area contributed by atoms with Crippen molar-refractivity contribution in [2.45, 2.75) is 32.4 Å². The molecular weight excluding hydrogens is 496 g/mol. The van der Waals surface area contributed by atoms with Gasteiger partial charge in [0.25, 0.3) is 5.56 Å². The number of nitrogens with one attached hydrogen (secondary N) is 1.